The Morgan fingerprint density at radius 2 is 1.95 bits per heavy atom. The van der Waals surface area contributed by atoms with Crippen LogP contribution in [0.5, 0.6) is 5.75 Å². The minimum absolute atomic E-state index is 0.593. The summed E-state index contributed by atoms with van der Waals surface area (Å²) in [6, 6.07) is 8.18. The van der Waals surface area contributed by atoms with Crippen LogP contribution in [0.4, 0.5) is 0 Å². The summed E-state index contributed by atoms with van der Waals surface area (Å²) in [5.41, 5.74) is 1.27. The zero-order valence-electron chi connectivity index (χ0n) is 12.4. The molecule has 0 aliphatic rings. The molecule has 5 nitrogen and oxygen atoms in total. The molecule has 5 heteroatoms. The largest absolute Gasteiger partial charge is 0.492 e. The average molecular weight is 274 g/mol. The van der Waals surface area contributed by atoms with Gasteiger partial charge in [-0.2, -0.15) is 5.10 Å². The lowest BCUT2D eigenvalue weighted by molar-refractivity contribution is 0.289. The van der Waals surface area contributed by atoms with Crippen molar-refractivity contribution < 1.29 is 4.74 Å². The van der Waals surface area contributed by atoms with Gasteiger partial charge in [0.25, 0.3) is 0 Å². The van der Waals surface area contributed by atoms with E-state index >= 15 is 0 Å². The summed E-state index contributed by atoms with van der Waals surface area (Å²) in [6.45, 7) is 9.14. The van der Waals surface area contributed by atoms with E-state index in [1.54, 1.807) is 0 Å². The van der Waals surface area contributed by atoms with Crippen LogP contribution >= 0.6 is 0 Å². The van der Waals surface area contributed by atoms with Gasteiger partial charge in [0.1, 0.15) is 24.0 Å². The molecule has 0 radical (unpaired) electrons. The molecule has 2 rings (SSSR count). The summed E-state index contributed by atoms with van der Waals surface area (Å²) in [5.74, 6) is 2.61. The number of nitrogens with zero attached hydrogens (tertiary/aromatic N) is 3. The standard InChI is InChI=1S/C15H22N4O/c1-4-16-11-14-5-7-15(8-6-14)20-10-9-19-13(3)17-12(2)18-19/h5-8,16H,4,9-11H2,1-3H3. The Balaban J connectivity index is 1.80. The molecule has 1 aromatic heterocycles. The van der Waals surface area contributed by atoms with Gasteiger partial charge in [-0.15, -0.1) is 0 Å². The number of hydrogen-bond donors (Lipinski definition) is 1. The molecule has 0 fully saturated rings. The van der Waals surface area contributed by atoms with Crippen molar-refractivity contribution >= 4 is 0 Å². The van der Waals surface area contributed by atoms with Crippen molar-refractivity contribution in [3.05, 3.63) is 41.5 Å². The molecule has 1 N–H and O–H groups in total. The van der Waals surface area contributed by atoms with E-state index < -0.39 is 0 Å². The second kappa shape index (κ2) is 7.05. The molecule has 0 unspecified atom stereocenters. The van der Waals surface area contributed by atoms with Crippen LogP contribution in [-0.2, 0) is 13.1 Å². The fourth-order valence-electron chi connectivity index (χ4n) is 2.00. The van der Waals surface area contributed by atoms with Gasteiger partial charge < -0.3 is 10.1 Å². The molecule has 20 heavy (non-hydrogen) atoms. The Hall–Kier alpha value is -1.88. The van der Waals surface area contributed by atoms with Gasteiger partial charge in [-0.1, -0.05) is 19.1 Å². The summed E-state index contributed by atoms with van der Waals surface area (Å²) in [4.78, 5) is 4.27. The summed E-state index contributed by atoms with van der Waals surface area (Å²) >= 11 is 0. The van der Waals surface area contributed by atoms with Crippen molar-refractivity contribution in [3.8, 4) is 5.75 Å². The molecular weight excluding hydrogens is 252 g/mol. The summed E-state index contributed by atoms with van der Waals surface area (Å²) in [6.07, 6.45) is 0. The Kier molecular flexibility index (Phi) is 5.12. The Morgan fingerprint density at radius 3 is 2.55 bits per heavy atom. The van der Waals surface area contributed by atoms with E-state index in [0.29, 0.717) is 13.2 Å². The minimum atomic E-state index is 0.593. The molecule has 0 saturated heterocycles. The smallest absolute Gasteiger partial charge is 0.147 e. The maximum absolute atomic E-state index is 5.72. The zero-order valence-corrected chi connectivity index (χ0v) is 12.4. The number of rotatable bonds is 7. The molecule has 1 aromatic carbocycles. The van der Waals surface area contributed by atoms with Crippen LogP contribution in [0.3, 0.4) is 0 Å². The predicted octanol–water partition coefficient (Wildman–Crippen LogP) is 2.08. The third-order valence-corrected chi connectivity index (χ3v) is 3.04. The van der Waals surface area contributed by atoms with Gasteiger partial charge in [0.05, 0.1) is 6.54 Å². The highest BCUT2D eigenvalue weighted by atomic mass is 16.5. The lowest BCUT2D eigenvalue weighted by Gasteiger charge is -2.08. The molecule has 0 aliphatic carbocycles. The van der Waals surface area contributed by atoms with Crippen molar-refractivity contribution in [2.24, 2.45) is 0 Å². The van der Waals surface area contributed by atoms with Crippen molar-refractivity contribution in [1.82, 2.24) is 20.1 Å². The van der Waals surface area contributed by atoms with E-state index in [-0.39, 0.29) is 0 Å². The number of aryl methyl sites for hydroxylation is 2. The van der Waals surface area contributed by atoms with Gasteiger partial charge >= 0.3 is 0 Å². The van der Waals surface area contributed by atoms with E-state index in [1.165, 1.54) is 5.56 Å². The van der Waals surface area contributed by atoms with Crippen LogP contribution in [0.1, 0.15) is 24.1 Å². The number of hydrogen-bond acceptors (Lipinski definition) is 4. The molecule has 108 valence electrons. The molecule has 2 aromatic rings. The second-order valence-corrected chi connectivity index (χ2v) is 4.70. The van der Waals surface area contributed by atoms with Crippen molar-refractivity contribution in [2.75, 3.05) is 13.2 Å². The maximum Gasteiger partial charge on any atom is 0.147 e. The zero-order chi connectivity index (χ0) is 14.4. The normalized spacial score (nSPS) is 10.8. The lowest BCUT2D eigenvalue weighted by Crippen LogP contribution is -2.12. The highest BCUT2D eigenvalue weighted by molar-refractivity contribution is 5.27. The fraction of sp³-hybridized carbons (Fsp3) is 0.467. The summed E-state index contributed by atoms with van der Waals surface area (Å²) in [5, 5.41) is 7.60. The fourth-order valence-corrected chi connectivity index (χ4v) is 2.00. The van der Waals surface area contributed by atoms with Crippen LogP contribution in [0.15, 0.2) is 24.3 Å². The van der Waals surface area contributed by atoms with Gasteiger partial charge in [0, 0.05) is 6.54 Å². The van der Waals surface area contributed by atoms with Gasteiger partial charge in [-0.05, 0) is 38.1 Å². The van der Waals surface area contributed by atoms with Crippen LogP contribution in [0.25, 0.3) is 0 Å². The third kappa shape index (κ3) is 4.06. The molecule has 0 spiro atoms. The number of aromatic nitrogens is 3. The molecular formula is C15H22N4O. The molecule has 0 amide bonds. The maximum atomic E-state index is 5.72. The number of benzene rings is 1. The quantitative estimate of drug-likeness (QED) is 0.840. The van der Waals surface area contributed by atoms with E-state index in [1.807, 2.05) is 30.7 Å². The Bertz CT molecular complexity index is 533. The van der Waals surface area contributed by atoms with Crippen LogP contribution < -0.4 is 10.1 Å². The van der Waals surface area contributed by atoms with Crippen molar-refractivity contribution in [1.29, 1.82) is 0 Å². The molecule has 1 heterocycles. The third-order valence-electron chi connectivity index (χ3n) is 3.04. The predicted molar refractivity (Wildman–Crippen MR) is 78.8 cm³/mol. The summed E-state index contributed by atoms with van der Waals surface area (Å²) < 4.78 is 7.59. The molecule has 0 atom stereocenters. The van der Waals surface area contributed by atoms with Crippen LogP contribution in [-0.4, -0.2) is 27.9 Å². The Morgan fingerprint density at radius 1 is 1.20 bits per heavy atom. The number of ether oxygens (including phenoxy) is 1. The minimum Gasteiger partial charge on any atom is -0.492 e. The first-order valence-electron chi connectivity index (χ1n) is 6.99. The first-order valence-corrected chi connectivity index (χ1v) is 6.99. The highest BCUT2D eigenvalue weighted by Gasteiger charge is 2.02. The first-order chi connectivity index (χ1) is 9.69. The topological polar surface area (TPSA) is 52.0 Å². The van der Waals surface area contributed by atoms with Crippen LogP contribution in [0.2, 0.25) is 0 Å². The van der Waals surface area contributed by atoms with Crippen molar-refractivity contribution in [3.63, 3.8) is 0 Å². The van der Waals surface area contributed by atoms with E-state index in [9.17, 15) is 0 Å². The SMILES string of the molecule is CCNCc1ccc(OCCn2nc(C)nc2C)cc1. The van der Waals surface area contributed by atoms with Gasteiger partial charge in [0.15, 0.2) is 0 Å². The first kappa shape index (κ1) is 14.5. The van der Waals surface area contributed by atoms with E-state index in [4.69, 9.17) is 4.74 Å². The van der Waals surface area contributed by atoms with Gasteiger partial charge in [-0.25, -0.2) is 9.67 Å². The van der Waals surface area contributed by atoms with Gasteiger partial charge in [0.2, 0.25) is 0 Å². The number of nitrogens with one attached hydrogen (secondary N) is 1. The Labute approximate surface area is 120 Å². The molecule has 0 aliphatic heterocycles. The van der Waals surface area contributed by atoms with Crippen LogP contribution in [0, 0.1) is 13.8 Å². The molecule has 0 bridgehead atoms. The monoisotopic (exact) mass is 274 g/mol. The average Bonchev–Trinajstić information content (AvgIpc) is 2.76. The summed E-state index contributed by atoms with van der Waals surface area (Å²) in [7, 11) is 0. The molecule has 0 saturated carbocycles. The van der Waals surface area contributed by atoms with E-state index in [2.05, 4.69) is 34.5 Å². The lowest BCUT2D eigenvalue weighted by atomic mass is 10.2. The highest BCUT2D eigenvalue weighted by Crippen LogP contribution is 2.12. The van der Waals surface area contributed by atoms with Crippen molar-refractivity contribution in [2.45, 2.75) is 33.9 Å². The van der Waals surface area contributed by atoms with E-state index in [0.717, 1.165) is 30.5 Å². The second-order valence-electron chi connectivity index (χ2n) is 4.70. The van der Waals surface area contributed by atoms with Gasteiger partial charge in [-0.3, -0.25) is 0 Å².